The second kappa shape index (κ2) is 8.47. The molecule has 0 aromatic heterocycles. The Hall–Kier alpha value is -0.970. The molecule has 0 radical (unpaired) electrons. The summed E-state index contributed by atoms with van der Waals surface area (Å²) in [4.78, 5) is 4.17. The van der Waals surface area contributed by atoms with E-state index in [4.69, 9.17) is 27.9 Å². The number of nitrogens with zero attached hydrogens (tertiary/aromatic N) is 1. The van der Waals surface area contributed by atoms with Crippen LogP contribution in [0.2, 0.25) is 10.0 Å². The molecule has 0 amide bonds. The molecule has 0 spiro atoms. The van der Waals surface area contributed by atoms with E-state index in [0.29, 0.717) is 23.2 Å². The van der Waals surface area contributed by atoms with Gasteiger partial charge in [-0.25, -0.2) is 0 Å². The largest absolute Gasteiger partial charge is 0.379 e. The maximum absolute atomic E-state index is 6.13. The van der Waals surface area contributed by atoms with Crippen molar-refractivity contribution < 1.29 is 4.74 Å². The van der Waals surface area contributed by atoms with Crippen LogP contribution in [0.25, 0.3) is 0 Å². The summed E-state index contributed by atoms with van der Waals surface area (Å²) >= 11 is 12.0. The fraction of sp³-hybridized carbons (Fsp3) is 0.533. The number of guanidine groups is 1. The van der Waals surface area contributed by atoms with E-state index < -0.39 is 0 Å². The highest BCUT2D eigenvalue weighted by Gasteiger charge is 2.20. The van der Waals surface area contributed by atoms with Crippen molar-refractivity contribution in [2.24, 2.45) is 10.9 Å². The van der Waals surface area contributed by atoms with Gasteiger partial charge in [0.25, 0.3) is 0 Å². The van der Waals surface area contributed by atoms with Crippen LogP contribution in [0, 0.1) is 5.92 Å². The van der Waals surface area contributed by atoms with Crippen molar-refractivity contribution in [1.82, 2.24) is 10.6 Å². The van der Waals surface area contributed by atoms with Crippen molar-refractivity contribution in [3.8, 4) is 0 Å². The molecule has 0 unspecified atom stereocenters. The van der Waals surface area contributed by atoms with Crippen LogP contribution < -0.4 is 10.6 Å². The molecule has 116 valence electrons. The Kier molecular flexibility index (Phi) is 6.61. The third kappa shape index (κ3) is 6.12. The summed E-state index contributed by atoms with van der Waals surface area (Å²) in [5, 5.41) is 7.71. The molecule has 21 heavy (non-hydrogen) atoms. The van der Waals surface area contributed by atoms with Crippen LogP contribution in [0.3, 0.4) is 0 Å². The average molecular weight is 330 g/mol. The first kappa shape index (κ1) is 16.4. The highest BCUT2D eigenvalue weighted by atomic mass is 35.5. The van der Waals surface area contributed by atoms with Gasteiger partial charge in [-0.05, 0) is 36.5 Å². The zero-order valence-corrected chi connectivity index (χ0v) is 13.7. The van der Waals surface area contributed by atoms with E-state index in [-0.39, 0.29) is 0 Å². The van der Waals surface area contributed by atoms with E-state index in [1.807, 2.05) is 12.1 Å². The lowest BCUT2D eigenvalue weighted by Crippen LogP contribution is -2.38. The Labute approximate surface area is 135 Å². The zero-order valence-electron chi connectivity index (χ0n) is 12.2. The van der Waals surface area contributed by atoms with Gasteiger partial charge in [0.05, 0.1) is 6.61 Å². The lowest BCUT2D eigenvalue weighted by Gasteiger charge is -2.13. The van der Waals surface area contributed by atoms with Gasteiger partial charge in [0.2, 0.25) is 0 Å². The highest BCUT2D eigenvalue weighted by Crippen LogP contribution is 2.28. The maximum atomic E-state index is 6.13. The number of hydrogen-bond donors (Lipinski definition) is 2. The zero-order chi connectivity index (χ0) is 15.1. The number of aliphatic imine (C=N–C) groups is 1. The molecule has 1 aliphatic carbocycles. The predicted octanol–water partition coefficient (Wildman–Crippen LogP) is 3.09. The first-order valence-electron chi connectivity index (χ1n) is 7.15. The van der Waals surface area contributed by atoms with Gasteiger partial charge in [0.1, 0.15) is 0 Å². The summed E-state index contributed by atoms with van der Waals surface area (Å²) in [5.74, 6) is 1.53. The van der Waals surface area contributed by atoms with Crippen molar-refractivity contribution in [2.75, 3.05) is 26.8 Å². The van der Waals surface area contributed by atoms with E-state index in [1.54, 1.807) is 13.1 Å². The Morgan fingerprint density at radius 3 is 2.81 bits per heavy atom. The number of rotatable bonds is 7. The molecule has 2 N–H and O–H groups in total. The standard InChI is InChI=1S/C15H21Cl2N3O/c1-18-15(19-6-7-21-10-11-2-3-11)20-9-12-4-5-13(16)8-14(12)17/h4-5,8,11H,2-3,6-7,9-10H2,1H3,(H2,18,19,20). The van der Waals surface area contributed by atoms with Crippen LogP contribution in [0.1, 0.15) is 18.4 Å². The molecule has 1 aromatic carbocycles. The van der Waals surface area contributed by atoms with Gasteiger partial charge in [0, 0.05) is 36.8 Å². The van der Waals surface area contributed by atoms with Gasteiger partial charge >= 0.3 is 0 Å². The van der Waals surface area contributed by atoms with Crippen LogP contribution in [0.5, 0.6) is 0 Å². The minimum atomic E-state index is 0.596. The predicted molar refractivity (Wildman–Crippen MR) is 88.2 cm³/mol. The Balaban J connectivity index is 1.66. The van der Waals surface area contributed by atoms with E-state index in [9.17, 15) is 0 Å². The number of halogens is 2. The van der Waals surface area contributed by atoms with E-state index in [1.165, 1.54) is 12.8 Å². The summed E-state index contributed by atoms with van der Waals surface area (Å²) in [6.45, 7) is 2.91. The van der Waals surface area contributed by atoms with Gasteiger partial charge in [0.15, 0.2) is 5.96 Å². The smallest absolute Gasteiger partial charge is 0.191 e. The summed E-state index contributed by atoms with van der Waals surface area (Å²) in [6.07, 6.45) is 2.64. The highest BCUT2D eigenvalue weighted by molar-refractivity contribution is 6.35. The maximum Gasteiger partial charge on any atom is 0.191 e. The van der Waals surface area contributed by atoms with Gasteiger partial charge in [-0.2, -0.15) is 0 Å². The van der Waals surface area contributed by atoms with Crippen LogP contribution >= 0.6 is 23.2 Å². The number of ether oxygens (including phenoxy) is 1. The molecule has 4 nitrogen and oxygen atoms in total. The summed E-state index contributed by atoms with van der Waals surface area (Å²) in [7, 11) is 1.74. The second-order valence-corrected chi connectivity index (χ2v) is 5.95. The third-order valence-electron chi connectivity index (χ3n) is 3.27. The Morgan fingerprint density at radius 1 is 1.33 bits per heavy atom. The molecular formula is C15H21Cl2N3O. The molecule has 2 rings (SSSR count). The van der Waals surface area contributed by atoms with Crippen LogP contribution in [0.15, 0.2) is 23.2 Å². The van der Waals surface area contributed by atoms with E-state index in [2.05, 4.69) is 15.6 Å². The van der Waals surface area contributed by atoms with Crippen LogP contribution in [-0.4, -0.2) is 32.8 Å². The molecule has 0 heterocycles. The summed E-state index contributed by atoms with van der Waals surface area (Å²) < 4.78 is 5.57. The normalized spacial score (nSPS) is 15.1. The van der Waals surface area contributed by atoms with Crippen molar-refractivity contribution in [3.05, 3.63) is 33.8 Å². The Bertz CT molecular complexity index is 490. The topological polar surface area (TPSA) is 45.7 Å². The van der Waals surface area contributed by atoms with Crippen molar-refractivity contribution in [1.29, 1.82) is 0 Å². The molecular weight excluding hydrogens is 309 g/mol. The van der Waals surface area contributed by atoms with Gasteiger partial charge in [-0.15, -0.1) is 0 Å². The Morgan fingerprint density at radius 2 is 2.14 bits per heavy atom. The fourth-order valence-corrected chi connectivity index (χ4v) is 2.32. The molecule has 1 saturated carbocycles. The van der Waals surface area contributed by atoms with E-state index >= 15 is 0 Å². The van der Waals surface area contributed by atoms with Crippen molar-refractivity contribution in [2.45, 2.75) is 19.4 Å². The third-order valence-corrected chi connectivity index (χ3v) is 3.86. The number of benzene rings is 1. The molecule has 0 saturated heterocycles. The SMILES string of the molecule is CN=C(NCCOCC1CC1)NCc1ccc(Cl)cc1Cl. The minimum absolute atomic E-state index is 0.596. The van der Waals surface area contributed by atoms with Gasteiger partial charge in [-0.3, -0.25) is 4.99 Å². The fourth-order valence-electron chi connectivity index (χ4n) is 1.84. The van der Waals surface area contributed by atoms with Crippen molar-refractivity contribution >= 4 is 29.2 Å². The molecule has 1 aromatic rings. The second-order valence-electron chi connectivity index (χ2n) is 5.11. The lowest BCUT2D eigenvalue weighted by atomic mass is 10.2. The van der Waals surface area contributed by atoms with Crippen molar-refractivity contribution in [3.63, 3.8) is 0 Å². The molecule has 1 aliphatic rings. The molecule has 0 aliphatic heterocycles. The number of hydrogen-bond acceptors (Lipinski definition) is 2. The van der Waals surface area contributed by atoms with E-state index in [0.717, 1.165) is 30.6 Å². The lowest BCUT2D eigenvalue weighted by molar-refractivity contribution is 0.129. The molecule has 6 heteroatoms. The van der Waals surface area contributed by atoms with Gasteiger partial charge in [-0.1, -0.05) is 29.3 Å². The monoisotopic (exact) mass is 329 g/mol. The molecule has 1 fully saturated rings. The quantitative estimate of drug-likeness (QED) is 0.459. The minimum Gasteiger partial charge on any atom is -0.379 e. The summed E-state index contributed by atoms with van der Waals surface area (Å²) in [6, 6.07) is 5.47. The van der Waals surface area contributed by atoms with Crippen LogP contribution in [-0.2, 0) is 11.3 Å². The number of nitrogens with one attached hydrogen (secondary N) is 2. The molecule has 0 bridgehead atoms. The molecule has 0 atom stereocenters. The first-order valence-corrected chi connectivity index (χ1v) is 7.91. The van der Waals surface area contributed by atoms with Gasteiger partial charge < -0.3 is 15.4 Å². The first-order chi connectivity index (χ1) is 10.2. The average Bonchev–Trinajstić information content (AvgIpc) is 3.27. The van der Waals surface area contributed by atoms with Crippen LogP contribution in [0.4, 0.5) is 0 Å². The summed E-state index contributed by atoms with van der Waals surface area (Å²) in [5.41, 5.74) is 0.981.